The fraction of sp³-hybridized carbons (Fsp3) is 0.267. The second-order valence-corrected chi connectivity index (χ2v) is 5.80. The Labute approximate surface area is 129 Å². The fourth-order valence-corrected chi connectivity index (χ4v) is 2.79. The molecule has 3 N–H and O–H groups in total. The molecule has 0 bridgehead atoms. The minimum absolute atomic E-state index is 0. The van der Waals surface area contributed by atoms with E-state index in [1.54, 1.807) is 11.3 Å². The molecule has 0 spiro atoms. The van der Waals surface area contributed by atoms with Crippen LogP contribution in [-0.4, -0.2) is 12.5 Å². The SMILES string of the molecule is Cc1ccc(CNC(=O)C(CN)c2ccccc2)s1.Cl. The first-order chi connectivity index (χ1) is 9.20. The summed E-state index contributed by atoms with van der Waals surface area (Å²) in [7, 11) is 0. The maximum Gasteiger partial charge on any atom is 0.229 e. The zero-order chi connectivity index (χ0) is 13.7. The number of nitrogens with one attached hydrogen (secondary N) is 1. The summed E-state index contributed by atoms with van der Waals surface area (Å²) in [5, 5.41) is 2.95. The molecule has 0 saturated heterocycles. The predicted octanol–water partition coefficient (Wildman–Crippen LogP) is 2.84. The van der Waals surface area contributed by atoms with Gasteiger partial charge in [-0.2, -0.15) is 0 Å². The molecule has 5 heteroatoms. The summed E-state index contributed by atoms with van der Waals surface area (Å²) < 4.78 is 0. The number of amides is 1. The van der Waals surface area contributed by atoms with E-state index in [0.717, 1.165) is 10.4 Å². The van der Waals surface area contributed by atoms with E-state index < -0.39 is 0 Å². The Morgan fingerprint density at radius 3 is 2.50 bits per heavy atom. The van der Waals surface area contributed by atoms with Crippen molar-refractivity contribution in [2.24, 2.45) is 5.73 Å². The third-order valence-corrected chi connectivity index (χ3v) is 3.99. The molecule has 0 aliphatic carbocycles. The van der Waals surface area contributed by atoms with Gasteiger partial charge in [0, 0.05) is 16.3 Å². The number of thiophene rings is 1. The standard InChI is InChI=1S/C15H18N2OS.ClH/c1-11-7-8-13(19-11)10-17-15(18)14(9-16)12-5-3-2-4-6-12;/h2-8,14H,9-10,16H2,1H3,(H,17,18);1H. The highest BCUT2D eigenvalue weighted by atomic mass is 35.5. The molecule has 2 aromatic rings. The molecule has 1 heterocycles. The van der Waals surface area contributed by atoms with Gasteiger partial charge in [-0.25, -0.2) is 0 Å². The van der Waals surface area contributed by atoms with Crippen molar-refractivity contribution in [1.82, 2.24) is 5.32 Å². The van der Waals surface area contributed by atoms with Gasteiger partial charge >= 0.3 is 0 Å². The molecule has 0 saturated carbocycles. The van der Waals surface area contributed by atoms with Gasteiger partial charge in [0.2, 0.25) is 5.91 Å². The van der Waals surface area contributed by atoms with Crippen molar-refractivity contribution < 1.29 is 4.79 Å². The third kappa shape index (κ3) is 4.34. The lowest BCUT2D eigenvalue weighted by Gasteiger charge is -2.14. The first kappa shape index (κ1) is 16.7. The molecule has 3 nitrogen and oxygen atoms in total. The van der Waals surface area contributed by atoms with Crippen molar-refractivity contribution in [2.45, 2.75) is 19.4 Å². The van der Waals surface area contributed by atoms with E-state index in [-0.39, 0.29) is 24.2 Å². The minimum Gasteiger partial charge on any atom is -0.351 e. The average molecular weight is 311 g/mol. The molecule has 1 amide bonds. The molecule has 1 atom stereocenters. The molecule has 0 aliphatic heterocycles. The Hall–Kier alpha value is -1.36. The van der Waals surface area contributed by atoms with Crippen LogP contribution in [0.4, 0.5) is 0 Å². The first-order valence-corrected chi connectivity index (χ1v) is 7.10. The van der Waals surface area contributed by atoms with Gasteiger partial charge in [0.25, 0.3) is 0 Å². The number of halogens is 1. The smallest absolute Gasteiger partial charge is 0.229 e. The molecule has 1 aromatic carbocycles. The monoisotopic (exact) mass is 310 g/mol. The molecule has 2 rings (SSSR count). The molecule has 20 heavy (non-hydrogen) atoms. The lowest BCUT2D eigenvalue weighted by atomic mass is 9.98. The fourth-order valence-electron chi connectivity index (χ4n) is 1.96. The number of carbonyl (C=O) groups is 1. The minimum atomic E-state index is -0.276. The second-order valence-electron chi connectivity index (χ2n) is 4.43. The van der Waals surface area contributed by atoms with Crippen LogP contribution in [0.5, 0.6) is 0 Å². The van der Waals surface area contributed by atoms with E-state index in [9.17, 15) is 4.79 Å². The summed E-state index contributed by atoms with van der Waals surface area (Å²) in [6, 6.07) is 13.8. The maximum absolute atomic E-state index is 12.2. The third-order valence-electron chi connectivity index (χ3n) is 2.99. The van der Waals surface area contributed by atoms with Crippen LogP contribution in [0.3, 0.4) is 0 Å². The van der Waals surface area contributed by atoms with Crippen molar-refractivity contribution in [3.63, 3.8) is 0 Å². The quantitative estimate of drug-likeness (QED) is 0.892. The second kappa shape index (κ2) is 8.04. The van der Waals surface area contributed by atoms with Crippen molar-refractivity contribution in [3.8, 4) is 0 Å². The Morgan fingerprint density at radius 2 is 1.95 bits per heavy atom. The largest absolute Gasteiger partial charge is 0.351 e. The lowest BCUT2D eigenvalue weighted by Crippen LogP contribution is -2.32. The average Bonchev–Trinajstić information content (AvgIpc) is 2.84. The highest BCUT2D eigenvalue weighted by Gasteiger charge is 2.18. The number of aryl methyl sites for hydroxylation is 1. The first-order valence-electron chi connectivity index (χ1n) is 6.28. The summed E-state index contributed by atoms with van der Waals surface area (Å²) in [4.78, 5) is 14.6. The van der Waals surface area contributed by atoms with Gasteiger partial charge in [0.1, 0.15) is 0 Å². The van der Waals surface area contributed by atoms with Gasteiger partial charge in [-0.15, -0.1) is 23.7 Å². The highest BCUT2D eigenvalue weighted by molar-refractivity contribution is 7.11. The number of benzene rings is 1. The Balaban J connectivity index is 0.00000200. The summed E-state index contributed by atoms with van der Waals surface area (Å²) in [6.45, 7) is 2.95. The van der Waals surface area contributed by atoms with E-state index >= 15 is 0 Å². The number of nitrogens with two attached hydrogens (primary N) is 1. The normalized spacial score (nSPS) is 11.5. The molecule has 0 fully saturated rings. The van der Waals surface area contributed by atoms with E-state index in [1.807, 2.05) is 36.4 Å². The number of carbonyl (C=O) groups excluding carboxylic acids is 1. The van der Waals surface area contributed by atoms with Crippen molar-refractivity contribution >= 4 is 29.7 Å². The van der Waals surface area contributed by atoms with E-state index in [1.165, 1.54) is 4.88 Å². The Kier molecular flexibility index (Phi) is 6.71. The van der Waals surface area contributed by atoms with Crippen LogP contribution in [0.25, 0.3) is 0 Å². The lowest BCUT2D eigenvalue weighted by molar-refractivity contribution is -0.122. The van der Waals surface area contributed by atoms with E-state index in [2.05, 4.69) is 18.3 Å². The van der Waals surface area contributed by atoms with Gasteiger partial charge in [0.15, 0.2) is 0 Å². The number of hydrogen-bond donors (Lipinski definition) is 2. The van der Waals surface area contributed by atoms with Gasteiger partial charge in [-0.05, 0) is 24.6 Å². The Bertz CT molecular complexity index is 542. The van der Waals surface area contributed by atoms with Crippen LogP contribution in [0.1, 0.15) is 21.2 Å². The molecule has 108 valence electrons. The molecule has 0 aliphatic rings. The summed E-state index contributed by atoms with van der Waals surface area (Å²) in [5.41, 5.74) is 6.68. The van der Waals surface area contributed by atoms with Crippen LogP contribution in [-0.2, 0) is 11.3 Å². The topological polar surface area (TPSA) is 55.1 Å². The highest BCUT2D eigenvalue weighted by Crippen LogP contribution is 2.17. The maximum atomic E-state index is 12.2. The van der Waals surface area contributed by atoms with E-state index in [4.69, 9.17) is 5.73 Å². The summed E-state index contributed by atoms with van der Waals surface area (Å²) >= 11 is 1.70. The predicted molar refractivity (Wildman–Crippen MR) is 86.4 cm³/mol. The number of rotatable bonds is 5. The van der Waals surface area contributed by atoms with Crippen LogP contribution in [0.15, 0.2) is 42.5 Å². The van der Waals surface area contributed by atoms with Gasteiger partial charge < -0.3 is 11.1 Å². The van der Waals surface area contributed by atoms with E-state index in [0.29, 0.717) is 13.1 Å². The van der Waals surface area contributed by atoms with Crippen molar-refractivity contribution in [1.29, 1.82) is 0 Å². The van der Waals surface area contributed by atoms with Crippen LogP contribution < -0.4 is 11.1 Å². The van der Waals surface area contributed by atoms with Gasteiger partial charge in [-0.1, -0.05) is 30.3 Å². The zero-order valence-electron chi connectivity index (χ0n) is 11.3. The Morgan fingerprint density at radius 1 is 1.25 bits per heavy atom. The molecular formula is C15H19ClN2OS. The van der Waals surface area contributed by atoms with Crippen molar-refractivity contribution in [3.05, 3.63) is 57.8 Å². The number of hydrogen-bond acceptors (Lipinski definition) is 3. The van der Waals surface area contributed by atoms with Gasteiger partial charge in [-0.3, -0.25) is 4.79 Å². The molecule has 0 radical (unpaired) electrons. The summed E-state index contributed by atoms with van der Waals surface area (Å²) in [6.07, 6.45) is 0. The summed E-state index contributed by atoms with van der Waals surface area (Å²) in [5.74, 6) is -0.290. The van der Waals surface area contributed by atoms with Crippen LogP contribution in [0.2, 0.25) is 0 Å². The van der Waals surface area contributed by atoms with Crippen LogP contribution >= 0.6 is 23.7 Å². The van der Waals surface area contributed by atoms with Gasteiger partial charge in [0.05, 0.1) is 12.5 Å². The molecule has 1 aromatic heterocycles. The molecule has 1 unspecified atom stereocenters. The van der Waals surface area contributed by atoms with Crippen molar-refractivity contribution in [2.75, 3.05) is 6.54 Å². The molecular weight excluding hydrogens is 292 g/mol. The zero-order valence-corrected chi connectivity index (χ0v) is 13.0. The van der Waals surface area contributed by atoms with Crippen LogP contribution in [0, 0.1) is 6.92 Å².